The summed E-state index contributed by atoms with van der Waals surface area (Å²) in [6, 6.07) is 14.0. The standard InChI is InChI=1S/C20H15F3N2O3/c1-13-24-18(25-28-13)12-27-16-9-7-14(8-10-16)11-17(19(26)20(21,22)23)15-5-3-2-4-6-15/h2-11H,12H2,1H3/b17-11+. The number of nitrogens with zero attached hydrogens (tertiary/aromatic N) is 2. The van der Waals surface area contributed by atoms with Crippen molar-refractivity contribution in [3.63, 3.8) is 0 Å². The highest BCUT2D eigenvalue weighted by Crippen LogP contribution is 2.29. The maximum atomic E-state index is 13.0. The average Bonchev–Trinajstić information content (AvgIpc) is 3.10. The number of carbonyl (C=O) groups is 1. The van der Waals surface area contributed by atoms with E-state index in [9.17, 15) is 18.0 Å². The summed E-state index contributed by atoms with van der Waals surface area (Å²) in [6.45, 7) is 1.75. The van der Waals surface area contributed by atoms with Crippen molar-refractivity contribution in [2.24, 2.45) is 0 Å². The zero-order valence-electron chi connectivity index (χ0n) is 14.7. The molecule has 0 aliphatic carbocycles. The van der Waals surface area contributed by atoms with Gasteiger partial charge in [-0.05, 0) is 29.3 Å². The number of ether oxygens (including phenoxy) is 1. The highest BCUT2D eigenvalue weighted by Gasteiger charge is 2.40. The van der Waals surface area contributed by atoms with Crippen molar-refractivity contribution in [1.29, 1.82) is 0 Å². The molecule has 5 nitrogen and oxygen atoms in total. The number of Topliss-reactive ketones (excluding diaryl/α,β-unsaturated/α-hetero) is 1. The molecule has 0 aliphatic heterocycles. The Hall–Kier alpha value is -3.42. The molecule has 28 heavy (non-hydrogen) atoms. The van der Waals surface area contributed by atoms with Crippen molar-refractivity contribution in [3.8, 4) is 5.75 Å². The van der Waals surface area contributed by atoms with Gasteiger partial charge in [-0.15, -0.1) is 0 Å². The third-order valence-corrected chi connectivity index (χ3v) is 3.72. The maximum Gasteiger partial charge on any atom is 0.454 e. The molecule has 0 aliphatic rings. The molecule has 1 aromatic heterocycles. The molecule has 0 atom stereocenters. The monoisotopic (exact) mass is 388 g/mol. The Morgan fingerprint density at radius 3 is 2.36 bits per heavy atom. The number of hydrogen-bond acceptors (Lipinski definition) is 5. The largest absolute Gasteiger partial charge is 0.485 e. The molecule has 8 heteroatoms. The number of alkyl halides is 3. The summed E-state index contributed by atoms with van der Waals surface area (Å²) in [5, 5.41) is 3.70. The van der Waals surface area contributed by atoms with E-state index < -0.39 is 17.5 Å². The lowest BCUT2D eigenvalue weighted by Crippen LogP contribution is -2.23. The van der Waals surface area contributed by atoms with Crippen molar-refractivity contribution in [2.45, 2.75) is 19.7 Å². The van der Waals surface area contributed by atoms with Crippen LogP contribution in [0.15, 0.2) is 59.1 Å². The molecule has 0 fully saturated rings. The van der Waals surface area contributed by atoms with Gasteiger partial charge in [-0.1, -0.05) is 47.6 Å². The molecule has 0 saturated carbocycles. The molecule has 0 unspecified atom stereocenters. The average molecular weight is 388 g/mol. The number of benzene rings is 2. The number of carbonyl (C=O) groups excluding carboxylic acids is 1. The van der Waals surface area contributed by atoms with E-state index >= 15 is 0 Å². The van der Waals surface area contributed by atoms with E-state index in [1.807, 2.05) is 0 Å². The van der Waals surface area contributed by atoms with Gasteiger partial charge in [-0.2, -0.15) is 18.2 Å². The summed E-state index contributed by atoms with van der Waals surface area (Å²) < 4.78 is 49.3. The van der Waals surface area contributed by atoms with Crippen LogP contribution in [-0.4, -0.2) is 22.1 Å². The Bertz CT molecular complexity index is 978. The molecule has 0 saturated heterocycles. The van der Waals surface area contributed by atoms with Gasteiger partial charge < -0.3 is 9.26 Å². The van der Waals surface area contributed by atoms with Gasteiger partial charge in [0, 0.05) is 12.5 Å². The SMILES string of the molecule is Cc1nc(COc2ccc(/C=C(/C(=O)C(F)(F)F)c3ccccc3)cc2)no1. The molecule has 2 aromatic carbocycles. The van der Waals surface area contributed by atoms with Crippen LogP contribution in [-0.2, 0) is 11.4 Å². The maximum absolute atomic E-state index is 13.0. The second-order valence-electron chi connectivity index (χ2n) is 5.84. The van der Waals surface area contributed by atoms with Crippen LogP contribution in [0, 0.1) is 6.92 Å². The van der Waals surface area contributed by atoms with E-state index in [2.05, 4.69) is 10.1 Å². The van der Waals surface area contributed by atoms with Crippen LogP contribution in [0.3, 0.4) is 0 Å². The quantitative estimate of drug-likeness (QED) is 0.455. The third kappa shape index (κ3) is 4.85. The number of ketones is 1. The lowest BCUT2D eigenvalue weighted by molar-refractivity contribution is -0.164. The van der Waals surface area contributed by atoms with Gasteiger partial charge in [0.2, 0.25) is 11.7 Å². The van der Waals surface area contributed by atoms with Crippen molar-refractivity contribution in [3.05, 3.63) is 77.4 Å². The van der Waals surface area contributed by atoms with Crippen LogP contribution < -0.4 is 4.74 Å². The molecular weight excluding hydrogens is 373 g/mol. The fourth-order valence-corrected chi connectivity index (χ4v) is 2.43. The molecule has 1 heterocycles. The fourth-order valence-electron chi connectivity index (χ4n) is 2.43. The molecule has 0 bridgehead atoms. The van der Waals surface area contributed by atoms with Crippen LogP contribution in [0.2, 0.25) is 0 Å². The van der Waals surface area contributed by atoms with E-state index in [0.29, 0.717) is 23.0 Å². The first kappa shape index (κ1) is 19.3. The van der Waals surface area contributed by atoms with E-state index in [1.54, 1.807) is 49.4 Å². The van der Waals surface area contributed by atoms with E-state index in [-0.39, 0.29) is 12.2 Å². The third-order valence-electron chi connectivity index (χ3n) is 3.72. The number of halogens is 3. The highest BCUT2D eigenvalue weighted by molar-refractivity contribution is 6.27. The lowest BCUT2D eigenvalue weighted by atomic mass is 9.98. The first-order chi connectivity index (χ1) is 13.3. The topological polar surface area (TPSA) is 65.2 Å². The number of allylic oxidation sites excluding steroid dienone is 1. The van der Waals surface area contributed by atoms with Gasteiger partial charge in [0.05, 0.1) is 0 Å². The van der Waals surface area contributed by atoms with Crippen molar-refractivity contribution in [2.75, 3.05) is 0 Å². The van der Waals surface area contributed by atoms with Gasteiger partial charge in [0.25, 0.3) is 5.78 Å². The molecule has 0 spiro atoms. The summed E-state index contributed by atoms with van der Waals surface area (Å²) in [6.07, 6.45) is -3.76. The number of rotatable bonds is 6. The normalized spacial score (nSPS) is 12.1. The summed E-state index contributed by atoms with van der Waals surface area (Å²) in [4.78, 5) is 15.9. The smallest absolute Gasteiger partial charge is 0.454 e. The Morgan fingerprint density at radius 1 is 1.11 bits per heavy atom. The van der Waals surface area contributed by atoms with E-state index in [4.69, 9.17) is 9.26 Å². The molecular formula is C20H15F3N2O3. The van der Waals surface area contributed by atoms with Gasteiger partial charge >= 0.3 is 6.18 Å². The van der Waals surface area contributed by atoms with E-state index in [0.717, 1.165) is 0 Å². The Kier molecular flexibility index (Phi) is 5.58. The number of aryl methyl sites for hydroxylation is 1. The van der Waals surface area contributed by atoms with E-state index in [1.165, 1.54) is 18.2 Å². The first-order valence-electron chi connectivity index (χ1n) is 8.23. The van der Waals surface area contributed by atoms with Crippen LogP contribution in [0.1, 0.15) is 22.8 Å². The predicted molar refractivity (Wildman–Crippen MR) is 95.2 cm³/mol. The summed E-state index contributed by atoms with van der Waals surface area (Å²) >= 11 is 0. The predicted octanol–water partition coefficient (Wildman–Crippen LogP) is 4.63. The Labute approximate surface area is 158 Å². The highest BCUT2D eigenvalue weighted by atomic mass is 19.4. The second kappa shape index (κ2) is 8.08. The molecule has 0 amide bonds. The molecule has 3 aromatic rings. The van der Waals surface area contributed by atoms with Crippen LogP contribution in [0.25, 0.3) is 11.6 Å². The van der Waals surface area contributed by atoms with Crippen LogP contribution in [0.5, 0.6) is 5.75 Å². The molecule has 3 rings (SSSR count). The zero-order valence-corrected chi connectivity index (χ0v) is 14.7. The first-order valence-corrected chi connectivity index (χ1v) is 8.23. The van der Waals surface area contributed by atoms with Gasteiger partial charge in [0.15, 0.2) is 6.61 Å². The van der Waals surface area contributed by atoms with Crippen molar-refractivity contribution in [1.82, 2.24) is 10.1 Å². The Balaban J connectivity index is 1.81. The summed E-state index contributed by atoms with van der Waals surface area (Å²) in [7, 11) is 0. The molecule has 144 valence electrons. The van der Waals surface area contributed by atoms with Gasteiger partial charge in [0.1, 0.15) is 5.75 Å². The minimum absolute atomic E-state index is 0.0916. The number of hydrogen-bond donors (Lipinski definition) is 0. The van der Waals surface area contributed by atoms with Gasteiger partial charge in [-0.3, -0.25) is 4.79 Å². The summed E-state index contributed by atoms with van der Waals surface area (Å²) in [5.74, 6) is -0.625. The fraction of sp³-hybridized carbons (Fsp3) is 0.150. The zero-order chi connectivity index (χ0) is 20.1. The minimum atomic E-state index is -4.96. The van der Waals surface area contributed by atoms with Crippen LogP contribution >= 0.6 is 0 Å². The molecule has 0 N–H and O–H groups in total. The summed E-state index contributed by atoms with van der Waals surface area (Å²) in [5.41, 5.74) is 0.195. The van der Waals surface area contributed by atoms with Crippen molar-refractivity contribution >= 4 is 17.4 Å². The van der Waals surface area contributed by atoms with Crippen LogP contribution in [0.4, 0.5) is 13.2 Å². The lowest BCUT2D eigenvalue weighted by Gasteiger charge is -2.10. The molecule has 0 radical (unpaired) electrons. The second-order valence-corrected chi connectivity index (χ2v) is 5.84. The Morgan fingerprint density at radius 2 is 1.79 bits per heavy atom. The number of aromatic nitrogens is 2. The van der Waals surface area contributed by atoms with Gasteiger partial charge in [-0.25, -0.2) is 0 Å². The van der Waals surface area contributed by atoms with Crippen molar-refractivity contribution < 1.29 is 27.2 Å². The minimum Gasteiger partial charge on any atom is -0.485 e.